The third kappa shape index (κ3) is 3.91. The van der Waals surface area contributed by atoms with Gasteiger partial charge in [-0.3, -0.25) is 14.6 Å². The van der Waals surface area contributed by atoms with Crippen molar-refractivity contribution in [2.75, 3.05) is 17.3 Å². The number of imide groups is 1. The van der Waals surface area contributed by atoms with E-state index in [1.807, 2.05) is 0 Å². The highest BCUT2D eigenvalue weighted by Crippen LogP contribution is 2.30. The molecule has 1 heterocycles. The molecule has 0 aliphatic carbocycles. The Balaban J connectivity index is 1.71. The van der Waals surface area contributed by atoms with Gasteiger partial charge in [-0.15, -0.1) is 0 Å². The molecule has 0 radical (unpaired) electrons. The van der Waals surface area contributed by atoms with Gasteiger partial charge in [0.1, 0.15) is 16.9 Å². The van der Waals surface area contributed by atoms with E-state index >= 15 is 0 Å². The van der Waals surface area contributed by atoms with Gasteiger partial charge in [0.15, 0.2) is 5.17 Å². The molecule has 0 spiro atoms. The van der Waals surface area contributed by atoms with E-state index in [0.717, 1.165) is 16.7 Å². The number of anilines is 2. The van der Waals surface area contributed by atoms with E-state index in [-0.39, 0.29) is 24.1 Å². The van der Waals surface area contributed by atoms with Crippen molar-refractivity contribution in [2.24, 2.45) is 4.99 Å². The summed E-state index contributed by atoms with van der Waals surface area (Å²) in [4.78, 5) is 30.0. The first kappa shape index (κ1) is 18.1. The summed E-state index contributed by atoms with van der Waals surface area (Å²) in [6, 6.07) is 10.9. The van der Waals surface area contributed by atoms with Crippen LogP contribution in [0.3, 0.4) is 0 Å². The number of amides is 2. The molecule has 5 nitrogen and oxygen atoms in total. The van der Waals surface area contributed by atoms with Crippen LogP contribution in [0, 0.1) is 11.6 Å². The lowest BCUT2D eigenvalue weighted by molar-refractivity contribution is -0.121. The third-order valence-corrected chi connectivity index (χ3v) is 4.90. The maximum absolute atomic E-state index is 13.1. The highest BCUT2D eigenvalue weighted by Gasteiger charge is 2.40. The number of carbonyl (C=O) groups excluding carboxylic acids is 2. The van der Waals surface area contributed by atoms with Gasteiger partial charge in [-0.05, 0) is 48.5 Å². The van der Waals surface area contributed by atoms with Crippen LogP contribution < -0.4 is 10.2 Å². The molecule has 1 fully saturated rings. The van der Waals surface area contributed by atoms with E-state index in [2.05, 4.69) is 10.3 Å². The Morgan fingerprint density at radius 1 is 1.08 bits per heavy atom. The summed E-state index contributed by atoms with van der Waals surface area (Å²) in [5.41, 5.74) is 0.956. The van der Waals surface area contributed by atoms with Gasteiger partial charge < -0.3 is 5.32 Å². The quantitative estimate of drug-likeness (QED) is 0.507. The second kappa shape index (κ2) is 7.65. The summed E-state index contributed by atoms with van der Waals surface area (Å²) in [5, 5.41) is 2.79. The summed E-state index contributed by atoms with van der Waals surface area (Å²) in [6.45, 7) is 0. The Bertz CT molecular complexity index is 854. The van der Waals surface area contributed by atoms with Gasteiger partial charge in [0, 0.05) is 19.2 Å². The van der Waals surface area contributed by atoms with E-state index in [0.29, 0.717) is 16.5 Å². The Hall–Kier alpha value is -2.74. The SMILES string of the molecule is CN=C(Nc1ccc(F)cc1)S[C@H]1CC(=O)N(c2ccc(F)cc2)C1=O. The number of carbonyl (C=O) groups is 2. The molecule has 26 heavy (non-hydrogen) atoms. The number of amidine groups is 1. The zero-order chi connectivity index (χ0) is 18.7. The average molecular weight is 375 g/mol. The van der Waals surface area contributed by atoms with Crippen LogP contribution in [0.5, 0.6) is 0 Å². The van der Waals surface area contributed by atoms with Gasteiger partial charge in [0.25, 0.3) is 0 Å². The molecule has 1 N–H and O–H groups in total. The van der Waals surface area contributed by atoms with Crippen LogP contribution >= 0.6 is 11.8 Å². The van der Waals surface area contributed by atoms with E-state index < -0.39 is 11.1 Å². The molecule has 0 bridgehead atoms. The number of aliphatic imine (C=N–C) groups is 1. The van der Waals surface area contributed by atoms with E-state index in [1.165, 1.54) is 36.4 Å². The Kier molecular flexibility index (Phi) is 5.32. The molecule has 1 aliphatic heterocycles. The van der Waals surface area contributed by atoms with Crippen molar-refractivity contribution < 1.29 is 18.4 Å². The first-order valence-corrected chi connectivity index (χ1v) is 8.64. The van der Waals surface area contributed by atoms with Gasteiger partial charge in [0.2, 0.25) is 11.8 Å². The Morgan fingerprint density at radius 3 is 2.23 bits per heavy atom. The number of halogens is 2. The fourth-order valence-electron chi connectivity index (χ4n) is 2.49. The number of hydrogen-bond acceptors (Lipinski definition) is 4. The summed E-state index contributed by atoms with van der Waals surface area (Å²) < 4.78 is 26.0. The lowest BCUT2D eigenvalue weighted by atomic mass is 10.3. The molecular formula is C18H15F2N3O2S. The molecule has 1 saturated heterocycles. The highest BCUT2D eigenvalue weighted by atomic mass is 32.2. The largest absolute Gasteiger partial charge is 0.335 e. The topological polar surface area (TPSA) is 61.8 Å². The fraction of sp³-hybridized carbons (Fsp3) is 0.167. The van der Waals surface area contributed by atoms with Crippen LogP contribution in [-0.4, -0.2) is 29.3 Å². The number of nitrogens with zero attached hydrogens (tertiary/aromatic N) is 2. The molecule has 1 atom stereocenters. The maximum Gasteiger partial charge on any atom is 0.247 e. The van der Waals surface area contributed by atoms with Crippen molar-refractivity contribution in [3.8, 4) is 0 Å². The summed E-state index contributed by atoms with van der Waals surface area (Å²) in [5.74, 6) is -1.53. The van der Waals surface area contributed by atoms with Crippen molar-refractivity contribution in [3.05, 3.63) is 60.2 Å². The van der Waals surface area contributed by atoms with E-state index in [4.69, 9.17) is 0 Å². The number of thioether (sulfide) groups is 1. The molecule has 2 aromatic carbocycles. The van der Waals surface area contributed by atoms with Crippen molar-refractivity contribution in [1.29, 1.82) is 0 Å². The van der Waals surface area contributed by atoms with Crippen LogP contribution in [0.25, 0.3) is 0 Å². The lowest BCUT2D eigenvalue weighted by Crippen LogP contribution is -2.31. The smallest absolute Gasteiger partial charge is 0.247 e. The van der Waals surface area contributed by atoms with Gasteiger partial charge in [-0.2, -0.15) is 0 Å². The first-order chi connectivity index (χ1) is 12.5. The molecule has 0 saturated carbocycles. The summed E-state index contributed by atoms with van der Waals surface area (Å²) in [7, 11) is 1.55. The lowest BCUT2D eigenvalue weighted by Gasteiger charge is -2.15. The number of hydrogen-bond donors (Lipinski definition) is 1. The molecule has 8 heteroatoms. The molecule has 3 rings (SSSR count). The summed E-state index contributed by atoms with van der Waals surface area (Å²) >= 11 is 1.12. The van der Waals surface area contributed by atoms with Crippen molar-refractivity contribution in [1.82, 2.24) is 0 Å². The fourth-order valence-corrected chi connectivity index (χ4v) is 3.47. The highest BCUT2D eigenvalue weighted by molar-refractivity contribution is 8.15. The zero-order valence-electron chi connectivity index (χ0n) is 13.8. The average Bonchev–Trinajstić information content (AvgIpc) is 2.91. The Labute approximate surface area is 153 Å². The molecule has 0 aromatic heterocycles. The number of rotatable bonds is 3. The van der Waals surface area contributed by atoms with Crippen LogP contribution in [0.4, 0.5) is 20.2 Å². The molecule has 134 valence electrons. The number of benzene rings is 2. The van der Waals surface area contributed by atoms with Crippen molar-refractivity contribution >= 4 is 40.1 Å². The minimum Gasteiger partial charge on any atom is -0.335 e. The van der Waals surface area contributed by atoms with Gasteiger partial charge >= 0.3 is 0 Å². The minimum atomic E-state index is -0.640. The van der Waals surface area contributed by atoms with Crippen LogP contribution in [-0.2, 0) is 9.59 Å². The standard InChI is InChI=1S/C18H15F2N3O2S/c1-21-18(22-13-6-2-11(19)3-7-13)26-15-10-16(24)23(17(15)25)14-8-4-12(20)5-9-14/h2-9,15H,10H2,1H3,(H,21,22)/t15-/m0/s1. The van der Waals surface area contributed by atoms with Crippen LogP contribution in [0.1, 0.15) is 6.42 Å². The van der Waals surface area contributed by atoms with Crippen LogP contribution in [0.15, 0.2) is 53.5 Å². The van der Waals surface area contributed by atoms with Crippen molar-refractivity contribution in [2.45, 2.75) is 11.7 Å². The summed E-state index contributed by atoms with van der Waals surface area (Å²) in [6.07, 6.45) is 0.0188. The van der Waals surface area contributed by atoms with Crippen LogP contribution in [0.2, 0.25) is 0 Å². The molecule has 2 amide bonds. The van der Waals surface area contributed by atoms with Gasteiger partial charge in [0.05, 0.1) is 5.69 Å². The molecule has 2 aromatic rings. The Morgan fingerprint density at radius 2 is 1.65 bits per heavy atom. The maximum atomic E-state index is 13.1. The van der Waals surface area contributed by atoms with E-state index in [1.54, 1.807) is 19.2 Å². The third-order valence-electron chi connectivity index (χ3n) is 3.74. The molecular weight excluding hydrogens is 360 g/mol. The van der Waals surface area contributed by atoms with Crippen molar-refractivity contribution in [3.63, 3.8) is 0 Å². The molecule has 0 unspecified atom stereocenters. The monoisotopic (exact) mass is 375 g/mol. The first-order valence-electron chi connectivity index (χ1n) is 7.76. The predicted octanol–water partition coefficient (Wildman–Crippen LogP) is 3.43. The second-order valence-electron chi connectivity index (χ2n) is 5.52. The van der Waals surface area contributed by atoms with Gasteiger partial charge in [-0.1, -0.05) is 11.8 Å². The van der Waals surface area contributed by atoms with Gasteiger partial charge in [-0.25, -0.2) is 13.7 Å². The normalized spacial score (nSPS) is 17.7. The number of nitrogens with one attached hydrogen (secondary N) is 1. The predicted molar refractivity (Wildman–Crippen MR) is 98.3 cm³/mol. The minimum absolute atomic E-state index is 0.0188. The zero-order valence-corrected chi connectivity index (χ0v) is 14.6. The second-order valence-corrected chi connectivity index (χ2v) is 6.71. The molecule has 1 aliphatic rings. The van der Waals surface area contributed by atoms with E-state index in [9.17, 15) is 18.4 Å².